The minimum atomic E-state index is 0.0595. The molecule has 1 unspecified atom stereocenters. The van der Waals surface area contributed by atoms with Gasteiger partial charge in [-0.05, 0) is 18.6 Å². The van der Waals surface area contributed by atoms with E-state index in [-0.39, 0.29) is 6.04 Å². The molecule has 1 rings (SSSR count). The molecule has 0 radical (unpaired) electrons. The number of terminal acetylenes is 1. The molecule has 0 fully saturated rings. The van der Waals surface area contributed by atoms with Crippen molar-refractivity contribution in [2.75, 3.05) is 0 Å². The fraction of sp³-hybridized carbons (Fsp3) is 0.300. The van der Waals surface area contributed by atoms with Gasteiger partial charge >= 0.3 is 0 Å². The van der Waals surface area contributed by atoms with E-state index in [2.05, 4.69) is 16.2 Å². The van der Waals surface area contributed by atoms with Crippen LogP contribution in [-0.4, -0.2) is 11.0 Å². The highest BCUT2D eigenvalue weighted by atomic mass is 35.5. The van der Waals surface area contributed by atoms with Crippen LogP contribution in [0.3, 0.4) is 0 Å². The van der Waals surface area contributed by atoms with Gasteiger partial charge in [-0.25, -0.2) is 0 Å². The summed E-state index contributed by atoms with van der Waals surface area (Å²) in [5.41, 5.74) is 1.01. The highest BCUT2D eigenvalue weighted by Gasteiger charge is 2.00. The van der Waals surface area contributed by atoms with Crippen molar-refractivity contribution in [3.8, 4) is 12.3 Å². The first kappa shape index (κ1) is 10.0. The Labute approximate surface area is 83.3 Å². The Morgan fingerprint density at radius 3 is 3.15 bits per heavy atom. The molecule has 68 valence electrons. The van der Waals surface area contributed by atoms with Gasteiger partial charge in [-0.1, -0.05) is 17.5 Å². The smallest absolute Gasteiger partial charge is 0.0660 e. The van der Waals surface area contributed by atoms with E-state index in [9.17, 15) is 0 Å². The van der Waals surface area contributed by atoms with Crippen molar-refractivity contribution in [3.05, 3.63) is 29.0 Å². The van der Waals surface area contributed by atoms with Crippen molar-refractivity contribution in [2.24, 2.45) is 0 Å². The second-order valence-corrected chi connectivity index (χ2v) is 3.14. The van der Waals surface area contributed by atoms with E-state index in [4.69, 9.17) is 18.0 Å². The molecule has 1 aromatic rings. The Morgan fingerprint density at radius 2 is 2.54 bits per heavy atom. The molecule has 1 aromatic heterocycles. The molecule has 2 nitrogen and oxygen atoms in total. The molecule has 0 saturated carbocycles. The molecule has 1 heterocycles. The Morgan fingerprint density at radius 1 is 1.77 bits per heavy atom. The Hall–Kier alpha value is -1.04. The van der Waals surface area contributed by atoms with Crippen LogP contribution in [0.15, 0.2) is 18.5 Å². The number of nitrogens with one attached hydrogen (secondary N) is 1. The van der Waals surface area contributed by atoms with Gasteiger partial charge in [-0.3, -0.25) is 10.3 Å². The number of hydrogen-bond donors (Lipinski definition) is 1. The van der Waals surface area contributed by atoms with E-state index in [1.165, 1.54) is 0 Å². The van der Waals surface area contributed by atoms with Crippen molar-refractivity contribution in [1.82, 2.24) is 10.3 Å². The molecule has 1 N–H and O–H groups in total. The average Bonchev–Trinajstić information content (AvgIpc) is 2.16. The third-order valence-electron chi connectivity index (χ3n) is 1.71. The largest absolute Gasteiger partial charge is 0.300 e. The first-order chi connectivity index (χ1) is 6.24. The van der Waals surface area contributed by atoms with E-state index < -0.39 is 0 Å². The molecule has 1 atom stereocenters. The topological polar surface area (TPSA) is 24.9 Å². The summed E-state index contributed by atoms with van der Waals surface area (Å²) >= 11 is 5.90. The van der Waals surface area contributed by atoms with E-state index in [0.717, 1.165) is 5.56 Å². The monoisotopic (exact) mass is 194 g/mol. The molecular weight excluding hydrogens is 184 g/mol. The summed E-state index contributed by atoms with van der Waals surface area (Å²) in [6.45, 7) is 2.60. The standard InChI is InChI=1S/C10H11ClN2/c1-3-8(2)13-6-9-4-5-12-7-10(9)11/h1,4-5,7-8,13H,6H2,2H3. The molecule has 0 aliphatic carbocycles. The van der Waals surface area contributed by atoms with Gasteiger partial charge in [0, 0.05) is 18.9 Å². The summed E-state index contributed by atoms with van der Waals surface area (Å²) in [5.74, 6) is 2.58. The number of rotatable bonds is 3. The van der Waals surface area contributed by atoms with Crippen LogP contribution in [0.5, 0.6) is 0 Å². The van der Waals surface area contributed by atoms with Gasteiger partial charge in [0.2, 0.25) is 0 Å². The van der Waals surface area contributed by atoms with Crippen LogP contribution in [-0.2, 0) is 6.54 Å². The minimum Gasteiger partial charge on any atom is -0.300 e. The van der Waals surface area contributed by atoms with Gasteiger partial charge in [0.05, 0.1) is 11.1 Å². The fourth-order valence-corrected chi connectivity index (χ4v) is 1.06. The van der Waals surface area contributed by atoms with Crippen molar-refractivity contribution in [1.29, 1.82) is 0 Å². The number of halogens is 1. The highest BCUT2D eigenvalue weighted by Crippen LogP contribution is 2.12. The first-order valence-corrected chi connectivity index (χ1v) is 4.39. The zero-order chi connectivity index (χ0) is 9.68. The Balaban J connectivity index is 2.56. The van der Waals surface area contributed by atoms with Crippen LogP contribution >= 0.6 is 11.6 Å². The maximum Gasteiger partial charge on any atom is 0.0660 e. The molecule has 0 aliphatic heterocycles. The van der Waals surface area contributed by atoms with Crippen LogP contribution in [0, 0.1) is 12.3 Å². The Kier molecular flexibility index (Phi) is 3.75. The van der Waals surface area contributed by atoms with Gasteiger partial charge in [0.1, 0.15) is 0 Å². The summed E-state index contributed by atoms with van der Waals surface area (Å²) in [6.07, 6.45) is 8.55. The molecule has 0 aromatic carbocycles. The zero-order valence-corrected chi connectivity index (χ0v) is 8.17. The number of nitrogens with zero attached hydrogens (tertiary/aromatic N) is 1. The summed E-state index contributed by atoms with van der Waals surface area (Å²) in [5, 5.41) is 3.81. The zero-order valence-electron chi connectivity index (χ0n) is 7.42. The van der Waals surface area contributed by atoms with Crippen molar-refractivity contribution < 1.29 is 0 Å². The van der Waals surface area contributed by atoms with Gasteiger partial charge < -0.3 is 0 Å². The number of pyridine rings is 1. The van der Waals surface area contributed by atoms with Gasteiger partial charge in [0.15, 0.2) is 0 Å². The van der Waals surface area contributed by atoms with E-state index in [1.807, 2.05) is 13.0 Å². The van der Waals surface area contributed by atoms with Crippen LogP contribution < -0.4 is 5.32 Å². The summed E-state index contributed by atoms with van der Waals surface area (Å²) in [6, 6.07) is 1.93. The molecule has 13 heavy (non-hydrogen) atoms. The third-order valence-corrected chi connectivity index (χ3v) is 2.05. The SMILES string of the molecule is C#CC(C)NCc1ccncc1Cl. The third kappa shape index (κ3) is 3.06. The lowest BCUT2D eigenvalue weighted by molar-refractivity contribution is 0.648. The second-order valence-electron chi connectivity index (χ2n) is 2.74. The van der Waals surface area contributed by atoms with E-state index in [1.54, 1.807) is 12.4 Å². The lowest BCUT2D eigenvalue weighted by Gasteiger charge is -2.07. The Bertz CT molecular complexity index is 317. The van der Waals surface area contributed by atoms with E-state index >= 15 is 0 Å². The van der Waals surface area contributed by atoms with Gasteiger partial charge in [0.25, 0.3) is 0 Å². The van der Waals surface area contributed by atoms with Crippen LogP contribution in [0.4, 0.5) is 0 Å². The molecule has 0 bridgehead atoms. The highest BCUT2D eigenvalue weighted by molar-refractivity contribution is 6.31. The van der Waals surface area contributed by atoms with Crippen molar-refractivity contribution >= 4 is 11.6 Å². The van der Waals surface area contributed by atoms with Gasteiger partial charge in [-0.15, -0.1) is 6.42 Å². The van der Waals surface area contributed by atoms with Crippen LogP contribution in [0.2, 0.25) is 5.02 Å². The lowest BCUT2D eigenvalue weighted by Crippen LogP contribution is -2.23. The second kappa shape index (κ2) is 4.86. The summed E-state index contributed by atoms with van der Waals surface area (Å²) in [4.78, 5) is 3.89. The van der Waals surface area contributed by atoms with Crippen molar-refractivity contribution in [2.45, 2.75) is 19.5 Å². The van der Waals surface area contributed by atoms with Crippen LogP contribution in [0.1, 0.15) is 12.5 Å². The molecule has 0 saturated heterocycles. The number of aromatic nitrogens is 1. The minimum absolute atomic E-state index is 0.0595. The average molecular weight is 195 g/mol. The maximum atomic E-state index is 5.90. The van der Waals surface area contributed by atoms with Gasteiger partial charge in [-0.2, -0.15) is 0 Å². The quantitative estimate of drug-likeness (QED) is 0.743. The molecule has 0 amide bonds. The maximum absolute atomic E-state index is 5.90. The predicted molar refractivity (Wildman–Crippen MR) is 54.4 cm³/mol. The molecule has 0 spiro atoms. The predicted octanol–water partition coefficient (Wildman–Crippen LogP) is 1.85. The normalized spacial score (nSPS) is 12.1. The number of hydrogen-bond acceptors (Lipinski definition) is 2. The summed E-state index contributed by atoms with van der Waals surface area (Å²) in [7, 11) is 0. The molecule has 0 aliphatic rings. The summed E-state index contributed by atoms with van der Waals surface area (Å²) < 4.78 is 0. The first-order valence-electron chi connectivity index (χ1n) is 4.02. The van der Waals surface area contributed by atoms with E-state index in [0.29, 0.717) is 11.6 Å². The fourth-order valence-electron chi connectivity index (χ4n) is 0.869. The molecular formula is C10H11ClN2. The van der Waals surface area contributed by atoms with Crippen molar-refractivity contribution in [3.63, 3.8) is 0 Å². The lowest BCUT2D eigenvalue weighted by atomic mass is 10.2. The van der Waals surface area contributed by atoms with Crippen LogP contribution in [0.25, 0.3) is 0 Å². The molecule has 3 heteroatoms.